The van der Waals surface area contributed by atoms with Crippen LogP contribution in [0.25, 0.3) is 0 Å². The summed E-state index contributed by atoms with van der Waals surface area (Å²) in [5, 5.41) is 0.774. The monoisotopic (exact) mass is 372 g/mol. The summed E-state index contributed by atoms with van der Waals surface area (Å²) < 4.78 is 0. The summed E-state index contributed by atoms with van der Waals surface area (Å²) in [4.78, 5) is 15.9. The fourth-order valence-corrected chi connectivity index (χ4v) is 4.02. The zero-order valence-electron chi connectivity index (χ0n) is 14.9. The van der Waals surface area contributed by atoms with Crippen LogP contribution in [0.2, 0.25) is 5.02 Å². The van der Waals surface area contributed by atoms with Crippen LogP contribution in [0.4, 0.5) is 23.0 Å². The summed E-state index contributed by atoms with van der Waals surface area (Å²) in [5.41, 5.74) is 8.35. The van der Waals surface area contributed by atoms with Crippen LogP contribution in [0.5, 0.6) is 0 Å². The van der Waals surface area contributed by atoms with Gasteiger partial charge in [-0.15, -0.1) is 0 Å². The molecule has 0 amide bonds. The molecule has 0 radical (unpaired) electrons. The predicted octanol–water partition coefficient (Wildman–Crippen LogP) is 3.03. The van der Waals surface area contributed by atoms with E-state index in [9.17, 15) is 0 Å². The van der Waals surface area contributed by atoms with E-state index in [0.29, 0.717) is 5.69 Å². The first kappa shape index (κ1) is 17.2. The topological polar surface area (TPSA) is 61.5 Å². The van der Waals surface area contributed by atoms with Gasteiger partial charge in [-0.1, -0.05) is 17.7 Å². The van der Waals surface area contributed by atoms with Crippen molar-refractivity contribution in [2.75, 3.05) is 59.7 Å². The van der Waals surface area contributed by atoms with Gasteiger partial charge < -0.3 is 20.4 Å². The van der Waals surface area contributed by atoms with Crippen LogP contribution in [-0.4, -0.2) is 49.2 Å². The maximum atomic E-state index is 6.47. The number of nitrogen functional groups attached to an aromatic ring is 1. The normalized spacial score (nSPS) is 18.3. The standard InChI is InChI=1S/C19H25ClN6/c20-15-5-4-6-16(13-15)24-9-11-26(12-10-24)19-17(21)18(22-14-23-19)25-7-2-1-3-8-25/h4-6,13-14H,1-3,7-12,21H2. The largest absolute Gasteiger partial charge is 0.393 e. The smallest absolute Gasteiger partial charge is 0.157 e. The molecule has 6 nitrogen and oxygen atoms in total. The summed E-state index contributed by atoms with van der Waals surface area (Å²) in [6.45, 7) is 5.67. The molecule has 2 saturated heterocycles. The molecule has 3 heterocycles. The summed E-state index contributed by atoms with van der Waals surface area (Å²) in [6.07, 6.45) is 5.35. The van der Waals surface area contributed by atoms with E-state index in [2.05, 4.69) is 30.7 Å². The van der Waals surface area contributed by atoms with Crippen molar-refractivity contribution in [2.45, 2.75) is 19.3 Å². The molecule has 2 N–H and O–H groups in total. The van der Waals surface area contributed by atoms with Gasteiger partial charge in [0.25, 0.3) is 0 Å². The molecule has 0 spiro atoms. The van der Waals surface area contributed by atoms with Gasteiger partial charge in [-0.3, -0.25) is 0 Å². The van der Waals surface area contributed by atoms with Gasteiger partial charge in [-0.05, 0) is 37.5 Å². The van der Waals surface area contributed by atoms with E-state index in [1.165, 1.54) is 24.9 Å². The highest BCUT2D eigenvalue weighted by molar-refractivity contribution is 6.30. The Morgan fingerprint density at radius 2 is 1.42 bits per heavy atom. The van der Waals surface area contributed by atoms with Crippen LogP contribution in [0.3, 0.4) is 0 Å². The Labute approximate surface area is 159 Å². The summed E-state index contributed by atoms with van der Waals surface area (Å²) in [7, 11) is 0. The van der Waals surface area contributed by atoms with E-state index < -0.39 is 0 Å². The number of anilines is 4. The van der Waals surface area contributed by atoms with Gasteiger partial charge in [-0.25, -0.2) is 9.97 Å². The number of piperidine rings is 1. The highest BCUT2D eigenvalue weighted by atomic mass is 35.5. The number of hydrogen-bond donors (Lipinski definition) is 1. The fraction of sp³-hybridized carbons (Fsp3) is 0.474. The zero-order valence-corrected chi connectivity index (χ0v) is 15.7. The number of benzene rings is 1. The number of rotatable bonds is 3. The van der Waals surface area contributed by atoms with Crippen LogP contribution < -0.4 is 20.4 Å². The van der Waals surface area contributed by atoms with E-state index >= 15 is 0 Å². The molecule has 0 saturated carbocycles. The molecule has 26 heavy (non-hydrogen) atoms. The lowest BCUT2D eigenvalue weighted by atomic mass is 10.1. The number of hydrogen-bond acceptors (Lipinski definition) is 6. The van der Waals surface area contributed by atoms with Crippen LogP contribution in [0.15, 0.2) is 30.6 Å². The molecule has 2 aromatic rings. The van der Waals surface area contributed by atoms with Crippen LogP contribution in [0, 0.1) is 0 Å². The van der Waals surface area contributed by atoms with Gasteiger partial charge in [0.15, 0.2) is 11.6 Å². The molecular weight excluding hydrogens is 348 g/mol. The molecule has 0 aliphatic carbocycles. The third kappa shape index (κ3) is 3.51. The minimum atomic E-state index is 0.714. The third-order valence-corrected chi connectivity index (χ3v) is 5.49. The number of nitrogens with two attached hydrogens (primary N) is 1. The van der Waals surface area contributed by atoms with E-state index in [0.717, 1.165) is 55.9 Å². The molecule has 1 aromatic heterocycles. The van der Waals surface area contributed by atoms with Gasteiger partial charge >= 0.3 is 0 Å². The summed E-state index contributed by atoms with van der Waals surface area (Å²) in [6, 6.07) is 8.03. The molecule has 2 aliphatic heterocycles. The zero-order chi connectivity index (χ0) is 17.9. The number of halogens is 1. The van der Waals surface area contributed by atoms with Crippen molar-refractivity contribution in [3.8, 4) is 0 Å². The van der Waals surface area contributed by atoms with Gasteiger partial charge in [-0.2, -0.15) is 0 Å². The molecule has 2 aliphatic rings. The average Bonchev–Trinajstić information content (AvgIpc) is 2.69. The molecule has 2 fully saturated rings. The van der Waals surface area contributed by atoms with Crippen molar-refractivity contribution in [1.29, 1.82) is 0 Å². The molecule has 138 valence electrons. The Hall–Kier alpha value is -2.21. The van der Waals surface area contributed by atoms with Crippen LogP contribution in [-0.2, 0) is 0 Å². The fourth-order valence-electron chi connectivity index (χ4n) is 3.84. The van der Waals surface area contributed by atoms with Crippen molar-refractivity contribution in [3.63, 3.8) is 0 Å². The Balaban J connectivity index is 1.47. The molecule has 4 rings (SSSR count). The second-order valence-corrected chi connectivity index (χ2v) is 7.37. The maximum absolute atomic E-state index is 6.47. The van der Waals surface area contributed by atoms with Crippen molar-refractivity contribution < 1.29 is 0 Å². The molecule has 0 bridgehead atoms. The Kier molecular flexibility index (Phi) is 5.02. The average molecular weight is 373 g/mol. The second kappa shape index (κ2) is 7.58. The molecule has 0 atom stereocenters. The highest BCUT2D eigenvalue weighted by Crippen LogP contribution is 2.31. The Morgan fingerprint density at radius 1 is 0.808 bits per heavy atom. The lowest BCUT2D eigenvalue weighted by molar-refractivity contribution is 0.573. The quantitative estimate of drug-likeness (QED) is 0.893. The molecule has 0 unspecified atom stereocenters. The van der Waals surface area contributed by atoms with Crippen molar-refractivity contribution in [1.82, 2.24) is 9.97 Å². The van der Waals surface area contributed by atoms with Gasteiger partial charge in [0.2, 0.25) is 0 Å². The first-order valence-electron chi connectivity index (χ1n) is 9.33. The van der Waals surface area contributed by atoms with Crippen molar-refractivity contribution >= 4 is 34.6 Å². The second-order valence-electron chi connectivity index (χ2n) is 6.94. The summed E-state index contributed by atoms with van der Waals surface area (Å²) >= 11 is 6.13. The van der Waals surface area contributed by atoms with Crippen LogP contribution in [0.1, 0.15) is 19.3 Å². The lowest BCUT2D eigenvalue weighted by Crippen LogP contribution is -2.47. The lowest BCUT2D eigenvalue weighted by Gasteiger charge is -2.37. The first-order valence-corrected chi connectivity index (χ1v) is 9.71. The van der Waals surface area contributed by atoms with E-state index in [-0.39, 0.29) is 0 Å². The third-order valence-electron chi connectivity index (χ3n) is 5.25. The Bertz CT molecular complexity index is 753. The van der Waals surface area contributed by atoms with E-state index in [1.807, 2.05) is 18.2 Å². The number of aromatic nitrogens is 2. The van der Waals surface area contributed by atoms with Crippen LogP contribution >= 0.6 is 11.6 Å². The summed E-state index contributed by atoms with van der Waals surface area (Å²) in [5.74, 6) is 1.76. The van der Waals surface area contributed by atoms with Gasteiger partial charge in [0, 0.05) is 50.0 Å². The first-order chi connectivity index (χ1) is 12.7. The number of nitrogens with zero attached hydrogens (tertiary/aromatic N) is 5. The molecular formula is C19H25ClN6. The Morgan fingerprint density at radius 3 is 2.08 bits per heavy atom. The van der Waals surface area contributed by atoms with Gasteiger partial charge in [0.1, 0.15) is 12.0 Å². The minimum absolute atomic E-state index is 0.714. The van der Waals surface area contributed by atoms with E-state index in [1.54, 1.807) is 6.33 Å². The van der Waals surface area contributed by atoms with Crippen molar-refractivity contribution in [2.24, 2.45) is 0 Å². The number of piperazine rings is 1. The molecule has 7 heteroatoms. The minimum Gasteiger partial charge on any atom is -0.393 e. The van der Waals surface area contributed by atoms with Crippen molar-refractivity contribution in [3.05, 3.63) is 35.6 Å². The predicted molar refractivity (Wildman–Crippen MR) is 108 cm³/mol. The SMILES string of the molecule is Nc1c(N2CCCCC2)ncnc1N1CCN(c2cccc(Cl)c2)CC1. The molecule has 1 aromatic carbocycles. The van der Waals surface area contributed by atoms with E-state index in [4.69, 9.17) is 17.3 Å². The van der Waals surface area contributed by atoms with Gasteiger partial charge in [0.05, 0.1) is 0 Å². The maximum Gasteiger partial charge on any atom is 0.157 e. The highest BCUT2D eigenvalue weighted by Gasteiger charge is 2.23.